The van der Waals surface area contributed by atoms with Gasteiger partial charge in [-0.15, -0.1) is 11.8 Å². The molecule has 0 radical (unpaired) electrons. The van der Waals surface area contributed by atoms with Crippen LogP contribution in [0.1, 0.15) is 25.8 Å². The second-order valence-electron chi connectivity index (χ2n) is 6.30. The van der Waals surface area contributed by atoms with Crippen LogP contribution in [0.4, 0.5) is 0 Å². The smallest absolute Gasteiger partial charge is 0.323 e. The number of thioether (sulfide) groups is 1. The van der Waals surface area contributed by atoms with Crippen molar-refractivity contribution in [3.05, 3.63) is 66.2 Å². The van der Waals surface area contributed by atoms with Crippen LogP contribution in [0, 0.1) is 5.92 Å². The van der Waals surface area contributed by atoms with Crippen molar-refractivity contribution in [1.82, 2.24) is 0 Å². The quantitative estimate of drug-likeness (QED) is 0.300. The second-order valence-corrected chi connectivity index (χ2v) is 8.51. The molecule has 2 aromatic carbocycles. The van der Waals surface area contributed by atoms with Crippen molar-refractivity contribution in [2.75, 3.05) is 12.4 Å². The average Bonchev–Trinajstić information content (AvgIpc) is 2.69. The van der Waals surface area contributed by atoms with E-state index >= 15 is 0 Å². The number of rotatable bonds is 10. The van der Waals surface area contributed by atoms with Gasteiger partial charge in [-0.2, -0.15) is 0 Å². The van der Waals surface area contributed by atoms with Gasteiger partial charge >= 0.3 is 5.97 Å². The summed E-state index contributed by atoms with van der Waals surface area (Å²) in [4.78, 5) is 13.7. The van der Waals surface area contributed by atoms with Crippen LogP contribution in [0.5, 0.6) is 0 Å². The predicted octanol–water partition coefficient (Wildman–Crippen LogP) is 5.64. The van der Waals surface area contributed by atoms with Gasteiger partial charge in [0.2, 0.25) is 0 Å². The lowest BCUT2D eigenvalue weighted by molar-refractivity contribution is -0.147. The van der Waals surface area contributed by atoms with Crippen molar-refractivity contribution in [2.24, 2.45) is 5.92 Å². The van der Waals surface area contributed by atoms with Gasteiger partial charge in [0.15, 0.2) is 8.46 Å². The van der Waals surface area contributed by atoms with Gasteiger partial charge in [0.25, 0.3) is 0 Å². The van der Waals surface area contributed by atoms with E-state index in [9.17, 15) is 9.36 Å². The van der Waals surface area contributed by atoms with Crippen LogP contribution in [-0.2, 0) is 20.5 Å². The van der Waals surface area contributed by atoms with E-state index in [4.69, 9.17) is 4.74 Å². The molecule has 0 aromatic heterocycles. The van der Waals surface area contributed by atoms with E-state index in [1.54, 1.807) is 25.6 Å². The Labute approximate surface area is 161 Å². The Balaban J connectivity index is 2.15. The number of carbonyl (C=O) groups excluding carboxylic acids is 1. The highest BCUT2D eigenvalue weighted by atomic mass is 32.2. The minimum atomic E-state index is -1.04. The van der Waals surface area contributed by atoms with Crippen LogP contribution in [0.25, 0.3) is 0 Å². The van der Waals surface area contributed by atoms with E-state index in [1.807, 2.05) is 36.4 Å². The molecule has 0 amide bonds. The van der Waals surface area contributed by atoms with Crippen molar-refractivity contribution >= 4 is 26.2 Å². The van der Waals surface area contributed by atoms with Gasteiger partial charge < -0.3 is 4.74 Å². The molecule has 2 unspecified atom stereocenters. The monoisotopic (exact) mass is 388 g/mol. The normalized spacial score (nSPS) is 14.5. The Morgan fingerprint density at radius 1 is 1.12 bits per heavy atom. The number of ether oxygens (including phenoxy) is 1. The van der Waals surface area contributed by atoms with E-state index in [2.05, 4.69) is 24.3 Å². The number of hydrogen-bond acceptors (Lipinski definition) is 4. The molecule has 0 spiro atoms. The Hall–Kier alpha value is -1.64. The molecule has 0 saturated heterocycles. The van der Waals surface area contributed by atoms with Crippen LogP contribution >= 0.6 is 20.2 Å². The molecule has 0 aliphatic rings. The highest BCUT2D eigenvalue weighted by Gasteiger charge is 2.43. The van der Waals surface area contributed by atoms with Crippen LogP contribution in [0.2, 0.25) is 0 Å². The molecule has 0 aliphatic heterocycles. The largest absolute Gasteiger partial charge is 0.465 e. The first-order chi connectivity index (χ1) is 12.6. The van der Waals surface area contributed by atoms with E-state index in [1.165, 1.54) is 5.56 Å². The molecule has 0 aliphatic carbocycles. The van der Waals surface area contributed by atoms with Crippen molar-refractivity contribution in [3.63, 3.8) is 0 Å². The summed E-state index contributed by atoms with van der Waals surface area (Å²) in [5, 5.41) is -1.04. The first-order valence-electron chi connectivity index (χ1n) is 8.83. The van der Waals surface area contributed by atoms with E-state index in [0.29, 0.717) is 12.4 Å². The van der Waals surface area contributed by atoms with Gasteiger partial charge in [-0.1, -0.05) is 48.5 Å². The molecule has 0 saturated carbocycles. The zero-order chi connectivity index (χ0) is 18.8. The lowest BCUT2D eigenvalue weighted by atomic mass is 9.89. The maximum atomic E-state index is 12.5. The molecule has 0 heterocycles. The number of aryl methyl sites for hydroxylation is 1. The number of hydrogen-bond donors (Lipinski definition) is 0. The zero-order valence-corrected chi connectivity index (χ0v) is 17.0. The highest BCUT2D eigenvalue weighted by Crippen LogP contribution is 2.39. The van der Waals surface area contributed by atoms with Crippen molar-refractivity contribution in [3.8, 4) is 0 Å². The van der Waals surface area contributed by atoms with Crippen molar-refractivity contribution in [2.45, 2.75) is 36.7 Å². The maximum Gasteiger partial charge on any atom is 0.323 e. The van der Waals surface area contributed by atoms with Crippen LogP contribution < -0.4 is 0 Å². The first-order valence-corrected chi connectivity index (χ1v) is 10.6. The molecule has 0 bridgehead atoms. The van der Waals surface area contributed by atoms with Gasteiger partial charge in [0, 0.05) is 10.6 Å². The lowest BCUT2D eigenvalue weighted by Crippen LogP contribution is -2.40. The third-order valence-electron chi connectivity index (χ3n) is 4.49. The van der Waals surface area contributed by atoms with Crippen LogP contribution in [0.15, 0.2) is 65.6 Å². The summed E-state index contributed by atoms with van der Waals surface area (Å²) < 4.78 is 17.2. The molecule has 138 valence electrons. The molecular weight excluding hydrogens is 363 g/mol. The van der Waals surface area contributed by atoms with E-state index < -0.39 is 5.16 Å². The van der Waals surface area contributed by atoms with Crippen molar-refractivity contribution in [1.29, 1.82) is 0 Å². The molecule has 0 N–H and O–H groups in total. The van der Waals surface area contributed by atoms with Crippen LogP contribution in [-0.4, -0.2) is 23.5 Å². The molecule has 3 nitrogen and oxygen atoms in total. The van der Waals surface area contributed by atoms with Gasteiger partial charge in [0.05, 0.1) is 6.61 Å². The molecular formula is C21H25O3PS. The topological polar surface area (TPSA) is 43.4 Å². The van der Waals surface area contributed by atoms with Gasteiger partial charge in [0.1, 0.15) is 5.16 Å². The summed E-state index contributed by atoms with van der Waals surface area (Å²) in [6.45, 7) is 3.82. The third-order valence-corrected chi connectivity index (χ3v) is 6.59. The molecule has 5 heteroatoms. The van der Waals surface area contributed by atoms with E-state index in [-0.39, 0.29) is 20.3 Å². The Morgan fingerprint density at radius 3 is 2.31 bits per heavy atom. The number of carbonyl (C=O) groups is 1. The minimum Gasteiger partial charge on any atom is -0.465 e. The summed E-state index contributed by atoms with van der Waals surface area (Å²) in [6, 6.07) is 20.3. The van der Waals surface area contributed by atoms with E-state index in [0.717, 1.165) is 17.7 Å². The highest BCUT2D eigenvalue weighted by molar-refractivity contribution is 7.99. The fourth-order valence-electron chi connectivity index (χ4n) is 2.78. The maximum absolute atomic E-state index is 12.5. The molecule has 0 fully saturated rings. The second kappa shape index (κ2) is 10.5. The Morgan fingerprint density at radius 2 is 1.73 bits per heavy atom. The van der Waals surface area contributed by atoms with Gasteiger partial charge in [-0.05, 0) is 50.3 Å². The Kier molecular flexibility index (Phi) is 8.34. The Bertz CT molecular complexity index is 649. The summed E-state index contributed by atoms with van der Waals surface area (Å²) in [5.41, 5.74) is 1.22. The van der Waals surface area contributed by atoms with Gasteiger partial charge in [-0.25, -0.2) is 0 Å². The minimum absolute atomic E-state index is 0.0638. The molecule has 2 atom stereocenters. The SMILES string of the molecule is CCOC(=O)C(C)(P=O)C(CCc1ccccc1)CSc1ccccc1. The predicted molar refractivity (Wildman–Crippen MR) is 108 cm³/mol. The third kappa shape index (κ3) is 5.69. The summed E-state index contributed by atoms with van der Waals surface area (Å²) in [7, 11) is -0.185. The fourth-order valence-corrected chi connectivity index (χ4v) is 4.66. The summed E-state index contributed by atoms with van der Waals surface area (Å²) in [5.74, 6) is 0.260. The summed E-state index contributed by atoms with van der Waals surface area (Å²) >= 11 is 1.69. The zero-order valence-electron chi connectivity index (χ0n) is 15.3. The molecule has 2 aromatic rings. The first kappa shape index (κ1) is 20.7. The van der Waals surface area contributed by atoms with Crippen LogP contribution in [0.3, 0.4) is 0 Å². The molecule has 2 rings (SSSR count). The molecule has 26 heavy (non-hydrogen) atoms. The lowest BCUT2D eigenvalue weighted by Gasteiger charge is -2.29. The number of benzene rings is 2. The van der Waals surface area contributed by atoms with Crippen molar-refractivity contribution < 1.29 is 14.1 Å². The summed E-state index contributed by atoms with van der Waals surface area (Å²) in [6.07, 6.45) is 1.61. The fraction of sp³-hybridized carbons (Fsp3) is 0.381. The standard InChI is InChI=1S/C21H25O3PS/c1-3-24-20(22)21(2,25-23)18(15-14-17-10-6-4-7-11-17)16-26-19-12-8-5-9-13-19/h4-13,18H,3,14-16H2,1-2H3. The average molecular weight is 388 g/mol. The number of esters is 1. The van der Waals surface area contributed by atoms with Gasteiger partial charge in [-0.3, -0.25) is 9.36 Å².